The zero-order valence-corrected chi connectivity index (χ0v) is 13.6. The summed E-state index contributed by atoms with van der Waals surface area (Å²) in [6.45, 7) is 14.4. The van der Waals surface area contributed by atoms with Crippen molar-refractivity contribution >= 4 is 16.9 Å². The summed E-state index contributed by atoms with van der Waals surface area (Å²) in [5.74, 6) is 0. The zero-order valence-electron chi connectivity index (χ0n) is 12.8. The molecule has 1 heterocycles. The summed E-state index contributed by atoms with van der Waals surface area (Å²) >= 11 is 1.92. The van der Waals surface area contributed by atoms with E-state index in [1.54, 1.807) is 0 Å². The lowest BCUT2D eigenvalue weighted by atomic mass is 9.90. The molecule has 1 N–H and O–H groups in total. The summed E-state index contributed by atoms with van der Waals surface area (Å²) < 4.78 is 0. The number of hydrogen-bond acceptors (Lipinski definition) is 4. The summed E-state index contributed by atoms with van der Waals surface area (Å²) in [5, 5.41) is 5.26. The lowest BCUT2D eigenvalue weighted by Crippen LogP contribution is -2.35. The fraction of sp³-hybridized carbons (Fsp3) is 0.929. The second kappa shape index (κ2) is 6.80. The summed E-state index contributed by atoms with van der Waals surface area (Å²) in [4.78, 5) is 6.94. The molecule has 0 aromatic heterocycles. The molecule has 0 spiro atoms. The molecule has 1 aliphatic heterocycles. The van der Waals surface area contributed by atoms with Crippen molar-refractivity contribution in [1.29, 1.82) is 0 Å². The lowest BCUT2D eigenvalue weighted by Gasteiger charge is -2.22. The third-order valence-corrected chi connectivity index (χ3v) is 4.32. The predicted molar refractivity (Wildman–Crippen MR) is 83.5 cm³/mol. The Morgan fingerprint density at radius 1 is 1.44 bits per heavy atom. The van der Waals surface area contributed by atoms with Crippen molar-refractivity contribution < 1.29 is 0 Å². The Kier molecular flexibility index (Phi) is 5.99. The van der Waals surface area contributed by atoms with Crippen molar-refractivity contribution in [3.8, 4) is 0 Å². The van der Waals surface area contributed by atoms with Crippen molar-refractivity contribution in [2.45, 2.75) is 52.3 Å². The number of aliphatic imine (C=N–C) groups is 1. The van der Waals surface area contributed by atoms with E-state index in [1.807, 2.05) is 11.8 Å². The number of rotatable bonds is 5. The maximum absolute atomic E-state index is 4.59. The van der Waals surface area contributed by atoms with Gasteiger partial charge in [0.2, 0.25) is 0 Å². The molecular formula is C14H29N3S. The molecule has 0 aliphatic carbocycles. The molecule has 0 amide bonds. The maximum atomic E-state index is 4.59. The number of hydrogen-bond donors (Lipinski definition) is 1. The number of thioether (sulfide) groups is 1. The lowest BCUT2D eigenvalue weighted by molar-refractivity contribution is 0.278. The summed E-state index contributed by atoms with van der Waals surface area (Å²) in [5.41, 5.74) is 0.403. The van der Waals surface area contributed by atoms with E-state index < -0.39 is 0 Å². The molecular weight excluding hydrogens is 242 g/mol. The van der Waals surface area contributed by atoms with Crippen LogP contribution in [0.3, 0.4) is 0 Å². The number of likely N-dealkylation sites (N-methyl/N-ethyl adjacent to an activating group) is 1. The first-order valence-electron chi connectivity index (χ1n) is 6.93. The van der Waals surface area contributed by atoms with Gasteiger partial charge in [0.05, 0.1) is 6.54 Å². The van der Waals surface area contributed by atoms with E-state index in [1.165, 1.54) is 6.42 Å². The average Bonchev–Trinajstić information content (AvgIpc) is 2.62. The topological polar surface area (TPSA) is 27.6 Å². The van der Waals surface area contributed by atoms with E-state index in [4.69, 9.17) is 0 Å². The van der Waals surface area contributed by atoms with Crippen molar-refractivity contribution in [2.24, 2.45) is 10.4 Å². The molecule has 1 atom stereocenters. The SMILES string of the molecule is CC(C)N(C)CCNC1=NCC(CC(C)(C)C)S1. The first kappa shape index (κ1) is 15.8. The Hall–Kier alpha value is -0.220. The highest BCUT2D eigenvalue weighted by atomic mass is 32.2. The molecule has 0 saturated carbocycles. The van der Waals surface area contributed by atoms with E-state index in [9.17, 15) is 0 Å². The molecule has 0 fully saturated rings. The summed E-state index contributed by atoms with van der Waals surface area (Å²) in [6.07, 6.45) is 1.23. The van der Waals surface area contributed by atoms with Crippen LogP contribution in [-0.4, -0.2) is 48.0 Å². The highest BCUT2D eigenvalue weighted by Gasteiger charge is 2.24. The average molecular weight is 271 g/mol. The molecule has 0 aromatic rings. The van der Waals surface area contributed by atoms with Crippen molar-refractivity contribution in [2.75, 3.05) is 26.7 Å². The van der Waals surface area contributed by atoms with Crippen LogP contribution >= 0.6 is 11.8 Å². The fourth-order valence-electron chi connectivity index (χ4n) is 1.90. The van der Waals surface area contributed by atoms with Gasteiger partial charge in [-0.15, -0.1) is 0 Å². The van der Waals surface area contributed by atoms with Gasteiger partial charge in [0.1, 0.15) is 0 Å². The smallest absolute Gasteiger partial charge is 0.156 e. The van der Waals surface area contributed by atoms with Crippen LogP contribution in [0.2, 0.25) is 0 Å². The standard InChI is InChI=1S/C14H29N3S/c1-11(2)17(6)8-7-15-13-16-10-12(18-13)9-14(3,4)5/h11-12H,7-10H2,1-6H3,(H,15,16). The third-order valence-electron chi connectivity index (χ3n) is 3.18. The summed E-state index contributed by atoms with van der Waals surface area (Å²) in [6, 6.07) is 0.610. The molecule has 1 unspecified atom stereocenters. The molecule has 0 aromatic carbocycles. The van der Waals surface area contributed by atoms with E-state index in [-0.39, 0.29) is 0 Å². The van der Waals surface area contributed by atoms with E-state index in [0.717, 1.165) is 24.8 Å². The fourth-order valence-corrected chi connectivity index (χ4v) is 3.28. The van der Waals surface area contributed by atoms with Gasteiger partial charge in [-0.25, -0.2) is 0 Å². The van der Waals surface area contributed by atoms with Crippen LogP contribution in [0.15, 0.2) is 4.99 Å². The highest BCUT2D eigenvalue weighted by Crippen LogP contribution is 2.31. The third kappa shape index (κ3) is 6.10. The second-order valence-electron chi connectivity index (χ2n) is 6.65. The van der Waals surface area contributed by atoms with Gasteiger partial charge in [0.15, 0.2) is 5.17 Å². The Morgan fingerprint density at radius 2 is 2.11 bits per heavy atom. The van der Waals surface area contributed by atoms with Crippen LogP contribution in [0.25, 0.3) is 0 Å². The van der Waals surface area contributed by atoms with Crippen molar-refractivity contribution in [3.05, 3.63) is 0 Å². The van der Waals surface area contributed by atoms with Crippen LogP contribution in [0.1, 0.15) is 41.0 Å². The molecule has 0 bridgehead atoms. The second-order valence-corrected chi connectivity index (χ2v) is 7.94. The van der Waals surface area contributed by atoms with Gasteiger partial charge in [0, 0.05) is 24.4 Å². The van der Waals surface area contributed by atoms with Gasteiger partial charge in [-0.2, -0.15) is 0 Å². The minimum Gasteiger partial charge on any atom is -0.364 e. The molecule has 0 radical (unpaired) electrons. The first-order valence-corrected chi connectivity index (χ1v) is 7.81. The van der Waals surface area contributed by atoms with Gasteiger partial charge in [-0.05, 0) is 32.7 Å². The number of nitrogens with one attached hydrogen (secondary N) is 1. The molecule has 106 valence electrons. The first-order chi connectivity index (χ1) is 8.28. The molecule has 3 nitrogen and oxygen atoms in total. The van der Waals surface area contributed by atoms with Gasteiger partial charge >= 0.3 is 0 Å². The van der Waals surface area contributed by atoms with Gasteiger partial charge in [-0.3, -0.25) is 4.99 Å². The summed E-state index contributed by atoms with van der Waals surface area (Å²) in [7, 11) is 2.17. The van der Waals surface area contributed by atoms with Gasteiger partial charge in [0.25, 0.3) is 0 Å². The van der Waals surface area contributed by atoms with E-state index in [2.05, 4.69) is 56.9 Å². The molecule has 18 heavy (non-hydrogen) atoms. The quantitative estimate of drug-likeness (QED) is 0.833. The van der Waals surface area contributed by atoms with E-state index in [0.29, 0.717) is 16.7 Å². The minimum atomic E-state index is 0.403. The molecule has 1 rings (SSSR count). The number of amidine groups is 1. The zero-order chi connectivity index (χ0) is 13.8. The van der Waals surface area contributed by atoms with Crippen LogP contribution < -0.4 is 5.32 Å². The molecule has 1 aliphatic rings. The van der Waals surface area contributed by atoms with Crippen LogP contribution in [0, 0.1) is 5.41 Å². The van der Waals surface area contributed by atoms with Gasteiger partial charge in [-0.1, -0.05) is 32.5 Å². The van der Waals surface area contributed by atoms with Crippen molar-refractivity contribution in [3.63, 3.8) is 0 Å². The highest BCUT2D eigenvalue weighted by molar-refractivity contribution is 8.14. The monoisotopic (exact) mass is 271 g/mol. The van der Waals surface area contributed by atoms with Gasteiger partial charge < -0.3 is 10.2 Å². The number of nitrogens with zero attached hydrogens (tertiary/aromatic N) is 2. The largest absolute Gasteiger partial charge is 0.364 e. The Morgan fingerprint density at radius 3 is 2.67 bits per heavy atom. The van der Waals surface area contributed by atoms with Crippen LogP contribution in [-0.2, 0) is 0 Å². The Labute approximate surface area is 117 Å². The Balaban J connectivity index is 2.19. The van der Waals surface area contributed by atoms with Crippen molar-refractivity contribution in [1.82, 2.24) is 10.2 Å². The molecule has 4 heteroatoms. The maximum Gasteiger partial charge on any atom is 0.156 e. The van der Waals surface area contributed by atoms with E-state index >= 15 is 0 Å². The normalized spacial score (nSPS) is 20.7. The molecule has 0 saturated heterocycles. The Bertz CT molecular complexity index is 281. The van der Waals surface area contributed by atoms with Crippen LogP contribution in [0.5, 0.6) is 0 Å². The minimum absolute atomic E-state index is 0.403. The van der Waals surface area contributed by atoms with Crippen LogP contribution in [0.4, 0.5) is 0 Å². The predicted octanol–water partition coefficient (Wildman–Crippen LogP) is 2.82.